The van der Waals surface area contributed by atoms with Crippen molar-refractivity contribution in [3.05, 3.63) is 78.5 Å². The summed E-state index contributed by atoms with van der Waals surface area (Å²) in [6.45, 7) is 0.545. The number of amides is 1. The van der Waals surface area contributed by atoms with Gasteiger partial charge < -0.3 is 15.4 Å². The molecule has 2 N–H and O–H groups in total. The summed E-state index contributed by atoms with van der Waals surface area (Å²) in [5.74, 6) is 1.81. The van der Waals surface area contributed by atoms with Crippen molar-refractivity contribution in [1.82, 2.24) is 4.98 Å². The van der Waals surface area contributed by atoms with Crippen LogP contribution in [0.4, 0.5) is 17.2 Å². The lowest BCUT2D eigenvalue weighted by Gasteiger charge is -2.09. The quantitative estimate of drug-likeness (QED) is 0.639. The molecule has 5 heteroatoms. The zero-order chi connectivity index (χ0) is 18.5. The van der Waals surface area contributed by atoms with Gasteiger partial charge in [0.25, 0.3) is 0 Å². The maximum Gasteiger partial charge on any atom is 0.227 e. The molecule has 5 nitrogen and oxygen atoms in total. The summed E-state index contributed by atoms with van der Waals surface area (Å²) in [5, 5.41) is 6.13. The average molecular weight is 359 g/mol. The van der Waals surface area contributed by atoms with Crippen LogP contribution in [0.25, 0.3) is 0 Å². The minimum Gasteiger partial charge on any atom is -0.489 e. The van der Waals surface area contributed by atoms with E-state index >= 15 is 0 Å². The smallest absolute Gasteiger partial charge is 0.227 e. The molecule has 4 rings (SSSR count). The van der Waals surface area contributed by atoms with Gasteiger partial charge in [-0.05, 0) is 54.8 Å². The molecule has 0 atom stereocenters. The Kier molecular flexibility index (Phi) is 5.01. The summed E-state index contributed by atoms with van der Waals surface area (Å²) >= 11 is 0. The molecular formula is C22H21N3O2. The van der Waals surface area contributed by atoms with E-state index < -0.39 is 0 Å². The SMILES string of the molecule is O=C(Nc1ccc(Nc2ccc(OCc3ccccc3)cc2)nc1)C1CC1. The van der Waals surface area contributed by atoms with Gasteiger partial charge in [-0.15, -0.1) is 0 Å². The van der Waals surface area contributed by atoms with Crippen molar-refractivity contribution in [2.45, 2.75) is 19.4 Å². The lowest BCUT2D eigenvalue weighted by molar-refractivity contribution is -0.117. The lowest BCUT2D eigenvalue weighted by atomic mass is 10.2. The minimum absolute atomic E-state index is 0.0867. The predicted molar refractivity (Wildman–Crippen MR) is 106 cm³/mol. The van der Waals surface area contributed by atoms with Gasteiger partial charge in [0.2, 0.25) is 5.91 Å². The summed E-state index contributed by atoms with van der Waals surface area (Å²) in [6.07, 6.45) is 3.65. The van der Waals surface area contributed by atoms with E-state index in [1.54, 1.807) is 6.20 Å². The third-order valence-corrected chi connectivity index (χ3v) is 4.35. The van der Waals surface area contributed by atoms with Crippen LogP contribution in [0.1, 0.15) is 18.4 Å². The summed E-state index contributed by atoms with van der Waals surface area (Å²) in [6, 6.07) is 21.5. The van der Waals surface area contributed by atoms with Gasteiger partial charge in [-0.25, -0.2) is 4.98 Å². The average Bonchev–Trinajstić information content (AvgIpc) is 3.55. The maximum absolute atomic E-state index is 11.8. The van der Waals surface area contributed by atoms with E-state index in [4.69, 9.17) is 4.74 Å². The minimum atomic E-state index is 0.0867. The number of carbonyl (C=O) groups is 1. The second-order valence-corrected chi connectivity index (χ2v) is 6.62. The highest BCUT2D eigenvalue weighted by Crippen LogP contribution is 2.30. The number of benzene rings is 2. The van der Waals surface area contributed by atoms with Crippen LogP contribution in [-0.4, -0.2) is 10.9 Å². The molecule has 1 saturated carbocycles. The molecule has 1 fully saturated rings. The Bertz CT molecular complexity index is 889. The molecule has 0 saturated heterocycles. The van der Waals surface area contributed by atoms with Gasteiger partial charge in [0.15, 0.2) is 0 Å². The first kappa shape index (κ1) is 17.1. The second-order valence-electron chi connectivity index (χ2n) is 6.62. The maximum atomic E-state index is 11.8. The molecule has 136 valence electrons. The molecule has 0 unspecified atom stereocenters. The van der Waals surface area contributed by atoms with E-state index in [0.29, 0.717) is 6.61 Å². The first-order chi connectivity index (χ1) is 13.3. The molecule has 0 bridgehead atoms. The third kappa shape index (κ3) is 4.85. The molecule has 0 spiro atoms. The Hall–Kier alpha value is -3.34. The van der Waals surface area contributed by atoms with Crippen molar-refractivity contribution in [2.75, 3.05) is 10.6 Å². The molecule has 1 aliphatic carbocycles. The van der Waals surface area contributed by atoms with Gasteiger partial charge in [0, 0.05) is 11.6 Å². The number of rotatable bonds is 7. The normalized spacial score (nSPS) is 13.0. The summed E-state index contributed by atoms with van der Waals surface area (Å²) in [4.78, 5) is 16.1. The van der Waals surface area contributed by atoms with E-state index in [1.807, 2.05) is 66.7 Å². The number of anilines is 3. The molecular weight excluding hydrogens is 338 g/mol. The van der Waals surface area contributed by atoms with Crippen LogP contribution in [0.15, 0.2) is 72.9 Å². The number of carbonyl (C=O) groups excluding carboxylic acids is 1. The lowest BCUT2D eigenvalue weighted by Crippen LogP contribution is -2.13. The van der Waals surface area contributed by atoms with E-state index in [-0.39, 0.29) is 11.8 Å². The van der Waals surface area contributed by atoms with Crippen LogP contribution < -0.4 is 15.4 Å². The highest BCUT2D eigenvalue weighted by molar-refractivity contribution is 5.93. The Morgan fingerprint density at radius 3 is 2.37 bits per heavy atom. The van der Waals surface area contributed by atoms with Crippen molar-refractivity contribution in [3.63, 3.8) is 0 Å². The summed E-state index contributed by atoms with van der Waals surface area (Å²) < 4.78 is 5.79. The van der Waals surface area contributed by atoms with E-state index in [0.717, 1.165) is 41.3 Å². The molecule has 27 heavy (non-hydrogen) atoms. The van der Waals surface area contributed by atoms with Gasteiger partial charge in [-0.1, -0.05) is 30.3 Å². The van der Waals surface area contributed by atoms with E-state index in [1.165, 1.54) is 0 Å². The number of ether oxygens (including phenoxy) is 1. The molecule has 1 aromatic heterocycles. The Morgan fingerprint density at radius 2 is 1.70 bits per heavy atom. The fourth-order valence-corrected chi connectivity index (χ4v) is 2.65. The van der Waals surface area contributed by atoms with Crippen molar-refractivity contribution >= 4 is 23.1 Å². The van der Waals surface area contributed by atoms with Gasteiger partial charge in [0.1, 0.15) is 18.2 Å². The monoisotopic (exact) mass is 359 g/mol. The third-order valence-electron chi connectivity index (χ3n) is 4.35. The molecule has 2 aromatic carbocycles. The first-order valence-corrected chi connectivity index (χ1v) is 9.07. The standard InChI is InChI=1S/C22H21N3O2/c26-22(17-6-7-17)25-19-10-13-21(23-14-19)24-18-8-11-20(12-9-18)27-15-16-4-2-1-3-5-16/h1-5,8-14,17H,6-7,15H2,(H,23,24)(H,25,26). The second kappa shape index (κ2) is 7.91. The molecule has 0 aliphatic heterocycles. The zero-order valence-corrected chi connectivity index (χ0v) is 14.9. The van der Waals surface area contributed by atoms with Gasteiger partial charge >= 0.3 is 0 Å². The number of aromatic nitrogens is 1. The number of pyridine rings is 1. The predicted octanol–water partition coefficient (Wildman–Crippen LogP) is 4.75. The topological polar surface area (TPSA) is 63.2 Å². The fraction of sp³-hybridized carbons (Fsp3) is 0.182. The van der Waals surface area contributed by atoms with Crippen molar-refractivity contribution in [2.24, 2.45) is 5.92 Å². The van der Waals surface area contributed by atoms with Crippen molar-refractivity contribution in [3.8, 4) is 5.75 Å². The van der Waals surface area contributed by atoms with Crippen LogP contribution >= 0.6 is 0 Å². The van der Waals surface area contributed by atoms with E-state index in [9.17, 15) is 4.79 Å². The van der Waals surface area contributed by atoms with Crippen LogP contribution in [0.2, 0.25) is 0 Å². The number of hydrogen-bond acceptors (Lipinski definition) is 4. The largest absolute Gasteiger partial charge is 0.489 e. The molecule has 1 amide bonds. The van der Waals surface area contributed by atoms with Gasteiger partial charge in [-0.3, -0.25) is 4.79 Å². The summed E-state index contributed by atoms with van der Waals surface area (Å²) in [5.41, 5.74) is 2.78. The zero-order valence-electron chi connectivity index (χ0n) is 14.9. The number of hydrogen-bond donors (Lipinski definition) is 2. The summed E-state index contributed by atoms with van der Waals surface area (Å²) in [7, 11) is 0. The highest BCUT2D eigenvalue weighted by Gasteiger charge is 2.29. The van der Waals surface area contributed by atoms with Crippen molar-refractivity contribution < 1.29 is 9.53 Å². The Labute approximate surface area is 158 Å². The van der Waals surface area contributed by atoms with E-state index in [2.05, 4.69) is 15.6 Å². The van der Waals surface area contributed by atoms with Crippen LogP contribution in [0, 0.1) is 5.92 Å². The fourth-order valence-electron chi connectivity index (χ4n) is 2.65. The van der Waals surface area contributed by atoms with Crippen molar-refractivity contribution in [1.29, 1.82) is 0 Å². The van der Waals surface area contributed by atoms with Crippen LogP contribution in [0.5, 0.6) is 5.75 Å². The number of nitrogens with one attached hydrogen (secondary N) is 2. The van der Waals surface area contributed by atoms with Gasteiger partial charge in [0.05, 0.1) is 11.9 Å². The molecule has 1 aliphatic rings. The molecule has 3 aromatic rings. The highest BCUT2D eigenvalue weighted by atomic mass is 16.5. The molecule has 1 heterocycles. The number of nitrogens with zero attached hydrogens (tertiary/aromatic N) is 1. The van der Waals surface area contributed by atoms with Crippen LogP contribution in [0.3, 0.4) is 0 Å². The molecule has 0 radical (unpaired) electrons. The van der Waals surface area contributed by atoms with Crippen LogP contribution in [-0.2, 0) is 11.4 Å². The Balaban J connectivity index is 1.30. The van der Waals surface area contributed by atoms with Gasteiger partial charge in [-0.2, -0.15) is 0 Å². The Morgan fingerprint density at radius 1 is 0.963 bits per heavy atom. The first-order valence-electron chi connectivity index (χ1n) is 9.07.